The van der Waals surface area contributed by atoms with Crippen LogP contribution >= 0.6 is 0 Å². The second-order valence-corrected chi connectivity index (χ2v) is 5.35. The zero-order valence-electron chi connectivity index (χ0n) is 12.0. The predicted octanol–water partition coefficient (Wildman–Crippen LogP) is 2.27. The molecule has 1 aliphatic heterocycles. The highest BCUT2D eigenvalue weighted by Gasteiger charge is 2.12. The molecule has 1 fully saturated rings. The zero-order valence-corrected chi connectivity index (χ0v) is 12.0. The van der Waals surface area contributed by atoms with E-state index in [0.717, 1.165) is 51.0 Å². The van der Waals surface area contributed by atoms with Gasteiger partial charge in [0.05, 0.1) is 17.1 Å². The van der Waals surface area contributed by atoms with Crippen molar-refractivity contribution in [3.8, 4) is 0 Å². The van der Waals surface area contributed by atoms with Gasteiger partial charge in [0.1, 0.15) is 5.82 Å². The van der Waals surface area contributed by atoms with Gasteiger partial charge in [-0.2, -0.15) is 0 Å². The number of rotatable bonds is 6. The maximum atomic E-state index is 13.1. The number of halogens is 1. The number of hydrogen-bond donors (Lipinski definition) is 3. The van der Waals surface area contributed by atoms with Crippen LogP contribution in [0.2, 0.25) is 0 Å². The van der Waals surface area contributed by atoms with E-state index in [1.807, 2.05) is 0 Å². The smallest absolute Gasteiger partial charge is 0.201 e. The molecule has 0 amide bonds. The van der Waals surface area contributed by atoms with Crippen LogP contribution in [0.3, 0.4) is 0 Å². The number of nitrogens with one attached hydrogen (secondary N) is 3. The Bertz CT molecular complexity index is 580. The van der Waals surface area contributed by atoms with Gasteiger partial charge in [0, 0.05) is 13.2 Å². The van der Waals surface area contributed by atoms with E-state index in [1.54, 1.807) is 6.07 Å². The Morgan fingerprint density at radius 2 is 2.19 bits per heavy atom. The lowest BCUT2D eigenvalue weighted by molar-refractivity contribution is 0.0329. The lowest BCUT2D eigenvalue weighted by Crippen LogP contribution is -2.32. The molecule has 0 saturated carbocycles. The van der Waals surface area contributed by atoms with Crippen LogP contribution in [0, 0.1) is 5.82 Å². The topological polar surface area (TPSA) is 62.0 Å². The molecule has 21 heavy (non-hydrogen) atoms. The third-order valence-corrected chi connectivity index (χ3v) is 3.70. The first-order chi connectivity index (χ1) is 10.3. The normalized spacial score (nSPS) is 16.4. The predicted molar refractivity (Wildman–Crippen MR) is 81.0 cm³/mol. The summed E-state index contributed by atoms with van der Waals surface area (Å²) in [6.45, 7) is 3.65. The highest BCUT2D eigenvalue weighted by atomic mass is 19.1. The van der Waals surface area contributed by atoms with Crippen molar-refractivity contribution in [3.63, 3.8) is 0 Å². The van der Waals surface area contributed by atoms with Crippen LogP contribution in [0.15, 0.2) is 18.2 Å². The fourth-order valence-corrected chi connectivity index (χ4v) is 2.56. The van der Waals surface area contributed by atoms with Gasteiger partial charge in [0.15, 0.2) is 0 Å². The van der Waals surface area contributed by atoms with Gasteiger partial charge in [-0.3, -0.25) is 0 Å². The van der Waals surface area contributed by atoms with E-state index >= 15 is 0 Å². The molecule has 3 rings (SSSR count). The van der Waals surface area contributed by atoms with E-state index < -0.39 is 0 Å². The molecule has 0 spiro atoms. The Morgan fingerprint density at radius 1 is 1.33 bits per heavy atom. The largest absolute Gasteiger partial charge is 0.378 e. The van der Waals surface area contributed by atoms with Gasteiger partial charge in [0.25, 0.3) is 0 Å². The average Bonchev–Trinajstić information content (AvgIpc) is 2.90. The Balaban J connectivity index is 1.40. The summed E-state index contributed by atoms with van der Waals surface area (Å²) in [5.41, 5.74) is 1.48. The van der Waals surface area contributed by atoms with Crippen molar-refractivity contribution >= 4 is 17.0 Å². The molecular formula is C15H21FN4O. The molecule has 0 aliphatic carbocycles. The lowest BCUT2D eigenvalue weighted by Gasteiger charge is -2.22. The number of aromatic amines is 1. The molecule has 1 aliphatic rings. The minimum absolute atomic E-state index is 0.256. The molecule has 0 bridgehead atoms. The molecule has 3 N–H and O–H groups in total. The van der Waals surface area contributed by atoms with E-state index in [-0.39, 0.29) is 5.82 Å². The molecule has 0 atom stereocenters. The highest BCUT2D eigenvalue weighted by Crippen LogP contribution is 2.15. The second kappa shape index (κ2) is 6.87. The molecular weight excluding hydrogens is 271 g/mol. The fraction of sp³-hybridized carbons (Fsp3) is 0.533. The first-order valence-corrected chi connectivity index (χ1v) is 7.53. The number of anilines is 1. The van der Waals surface area contributed by atoms with Crippen molar-refractivity contribution in [1.29, 1.82) is 0 Å². The molecule has 6 heteroatoms. The van der Waals surface area contributed by atoms with Crippen molar-refractivity contribution in [2.24, 2.45) is 0 Å². The van der Waals surface area contributed by atoms with Crippen LogP contribution in [0.5, 0.6) is 0 Å². The van der Waals surface area contributed by atoms with Crippen LogP contribution in [-0.2, 0) is 4.74 Å². The Kier molecular flexibility index (Phi) is 4.67. The monoisotopic (exact) mass is 292 g/mol. The molecule has 2 heterocycles. The maximum absolute atomic E-state index is 13.1. The molecule has 1 aromatic heterocycles. The highest BCUT2D eigenvalue weighted by molar-refractivity contribution is 5.77. The number of ether oxygens (including phenoxy) is 1. The summed E-state index contributed by atoms with van der Waals surface area (Å²) in [5, 5.41) is 6.53. The van der Waals surface area contributed by atoms with Crippen LogP contribution in [-0.4, -0.2) is 42.3 Å². The first kappa shape index (κ1) is 14.3. The molecule has 114 valence electrons. The van der Waals surface area contributed by atoms with E-state index in [1.165, 1.54) is 12.1 Å². The Morgan fingerprint density at radius 3 is 3.05 bits per heavy atom. The van der Waals surface area contributed by atoms with Gasteiger partial charge in [-0.15, -0.1) is 0 Å². The SMILES string of the molecule is Fc1ccc2nc(NCCCOC3CCNCC3)[nH]c2c1. The number of fused-ring (bicyclic) bond motifs is 1. The van der Waals surface area contributed by atoms with E-state index in [4.69, 9.17) is 4.74 Å². The number of aromatic nitrogens is 2. The lowest BCUT2D eigenvalue weighted by atomic mass is 10.1. The Hall–Kier alpha value is -1.66. The number of benzene rings is 1. The number of nitrogens with zero attached hydrogens (tertiary/aromatic N) is 1. The molecule has 0 unspecified atom stereocenters. The fourth-order valence-electron chi connectivity index (χ4n) is 2.56. The number of imidazole rings is 1. The standard InChI is InChI=1S/C15H21FN4O/c16-11-2-3-13-14(10-11)20-15(19-13)18-6-1-9-21-12-4-7-17-8-5-12/h2-3,10,12,17H,1,4-9H2,(H2,18,19,20). The van der Waals surface area contributed by atoms with E-state index in [2.05, 4.69) is 20.6 Å². The Labute approximate surface area is 123 Å². The number of H-pyrrole nitrogens is 1. The van der Waals surface area contributed by atoms with Crippen LogP contribution in [0.1, 0.15) is 19.3 Å². The number of piperidine rings is 1. The summed E-state index contributed by atoms with van der Waals surface area (Å²) in [7, 11) is 0. The quantitative estimate of drug-likeness (QED) is 0.715. The summed E-state index contributed by atoms with van der Waals surface area (Å²) in [4.78, 5) is 7.42. The van der Waals surface area contributed by atoms with Crippen molar-refractivity contribution in [2.75, 3.05) is 31.6 Å². The zero-order chi connectivity index (χ0) is 14.5. The van der Waals surface area contributed by atoms with Crippen LogP contribution in [0.4, 0.5) is 10.3 Å². The minimum Gasteiger partial charge on any atom is -0.378 e. The average molecular weight is 292 g/mol. The maximum Gasteiger partial charge on any atom is 0.201 e. The van der Waals surface area contributed by atoms with Crippen molar-refractivity contribution in [1.82, 2.24) is 15.3 Å². The van der Waals surface area contributed by atoms with Gasteiger partial charge in [0.2, 0.25) is 5.95 Å². The minimum atomic E-state index is -0.256. The van der Waals surface area contributed by atoms with Gasteiger partial charge < -0.3 is 20.4 Å². The van der Waals surface area contributed by atoms with E-state index in [9.17, 15) is 4.39 Å². The molecule has 2 aromatic rings. The van der Waals surface area contributed by atoms with Gasteiger partial charge in [-0.1, -0.05) is 0 Å². The summed E-state index contributed by atoms with van der Waals surface area (Å²) in [6.07, 6.45) is 3.53. The molecule has 5 nitrogen and oxygen atoms in total. The van der Waals surface area contributed by atoms with Crippen LogP contribution < -0.4 is 10.6 Å². The third kappa shape index (κ3) is 3.92. The van der Waals surface area contributed by atoms with Crippen LogP contribution in [0.25, 0.3) is 11.0 Å². The van der Waals surface area contributed by atoms with Gasteiger partial charge in [-0.05, 0) is 50.6 Å². The van der Waals surface area contributed by atoms with E-state index in [0.29, 0.717) is 17.6 Å². The van der Waals surface area contributed by atoms with Crippen molar-refractivity contribution in [2.45, 2.75) is 25.4 Å². The van der Waals surface area contributed by atoms with Crippen molar-refractivity contribution < 1.29 is 9.13 Å². The molecule has 0 radical (unpaired) electrons. The van der Waals surface area contributed by atoms with Gasteiger partial charge in [-0.25, -0.2) is 9.37 Å². The molecule has 1 saturated heterocycles. The second-order valence-electron chi connectivity index (χ2n) is 5.35. The summed E-state index contributed by atoms with van der Waals surface area (Å²) in [6, 6.07) is 4.54. The number of hydrogen-bond acceptors (Lipinski definition) is 4. The summed E-state index contributed by atoms with van der Waals surface area (Å²) in [5.74, 6) is 0.422. The third-order valence-electron chi connectivity index (χ3n) is 3.70. The van der Waals surface area contributed by atoms with Crippen molar-refractivity contribution in [3.05, 3.63) is 24.0 Å². The summed E-state index contributed by atoms with van der Waals surface area (Å²) >= 11 is 0. The first-order valence-electron chi connectivity index (χ1n) is 7.53. The van der Waals surface area contributed by atoms with Gasteiger partial charge >= 0.3 is 0 Å². The molecule has 1 aromatic carbocycles. The summed E-state index contributed by atoms with van der Waals surface area (Å²) < 4.78 is 18.9.